The molecule has 2 aromatic carbocycles. The number of amides is 2. The highest BCUT2D eigenvalue weighted by Crippen LogP contribution is 2.33. The molecular formula is C22H21N3O4. The summed E-state index contributed by atoms with van der Waals surface area (Å²) in [7, 11) is 0. The quantitative estimate of drug-likeness (QED) is 0.867. The Kier molecular flexibility index (Phi) is 5.12. The van der Waals surface area contributed by atoms with Gasteiger partial charge in [-0.2, -0.15) is 5.10 Å². The van der Waals surface area contributed by atoms with Gasteiger partial charge in [0.25, 0.3) is 5.91 Å². The first kappa shape index (κ1) is 18.9. The Hall–Kier alpha value is -3.48. The van der Waals surface area contributed by atoms with Crippen LogP contribution in [-0.2, 0) is 14.4 Å². The molecule has 2 aliphatic rings. The van der Waals surface area contributed by atoms with Crippen molar-refractivity contribution in [3.05, 3.63) is 66.2 Å². The van der Waals surface area contributed by atoms with Crippen LogP contribution in [0.15, 0.2) is 65.8 Å². The molecule has 1 saturated heterocycles. The molecule has 1 N–H and O–H groups in total. The minimum Gasteiger partial charge on any atom is -0.481 e. The molecule has 0 radical (unpaired) electrons. The van der Waals surface area contributed by atoms with Crippen LogP contribution >= 0.6 is 0 Å². The lowest BCUT2D eigenvalue weighted by molar-refractivity contribution is -0.141. The van der Waals surface area contributed by atoms with Crippen molar-refractivity contribution in [3.8, 4) is 0 Å². The van der Waals surface area contributed by atoms with Crippen LogP contribution in [0.3, 0.4) is 0 Å². The third-order valence-electron chi connectivity index (χ3n) is 5.43. The minimum absolute atomic E-state index is 0.131. The van der Waals surface area contributed by atoms with Crippen LogP contribution in [0.4, 0.5) is 5.69 Å². The van der Waals surface area contributed by atoms with E-state index >= 15 is 0 Å². The number of hydrazone groups is 1. The molecular weight excluding hydrogens is 370 g/mol. The van der Waals surface area contributed by atoms with Gasteiger partial charge in [-0.25, -0.2) is 5.01 Å². The number of likely N-dealkylation sites (tertiary alicyclic amines) is 1. The standard InChI is InChI=1S/C22H21N3O4/c26-20-12-11-19(23-25(20)16-9-5-2-6-10-16)21(27)24-13-17(18(14-24)22(28)29)15-7-3-1-4-8-15/h1-10,17-18H,11-14H2,(H,28,29). The van der Waals surface area contributed by atoms with Crippen molar-refractivity contribution < 1.29 is 19.5 Å². The third-order valence-corrected chi connectivity index (χ3v) is 5.43. The number of carbonyl (C=O) groups is 3. The number of benzene rings is 2. The zero-order valence-corrected chi connectivity index (χ0v) is 15.8. The highest BCUT2D eigenvalue weighted by molar-refractivity contribution is 6.40. The van der Waals surface area contributed by atoms with Crippen LogP contribution in [0.25, 0.3) is 0 Å². The first-order valence-electron chi connectivity index (χ1n) is 9.57. The molecule has 2 atom stereocenters. The molecule has 148 valence electrons. The van der Waals surface area contributed by atoms with Crippen LogP contribution in [0.1, 0.15) is 24.3 Å². The van der Waals surface area contributed by atoms with Gasteiger partial charge in [0.05, 0.1) is 11.6 Å². The molecule has 2 aliphatic heterocycles. The predicted molar refractivity (Wildman–Crippen MR) is 107 cm³/mol. The van der Waals surface area contributed by atoms with Gasteiger partial charge < -0.3 is 10.0 Å². The number of carboxylic acid groups (broad SMARTS) is 1. The molecule has 2 heterocycles. The number of nitrogens with zero attached hydrogens (tertiary/aromatic N) is 3. The maximum absolute atomic E-state index is 13.1. The van der Waals surface area contributed by atoms with Crippen LogP contribution in [0.5, 0.6) is 0 Å². The van der Waals surface area contributed by atoms with Gasteiger partial charge >= 0.3 is 5.97 Å². The van der Waals surface area contributed by atoms with E-state index in [2.05, 4.69) is 5.10 Å². The number of anilines is 1. The van der Waals surface area contributed by atoms with Crippen molar-refractivity contribution >= 4 is 29.2 Å². The molecule has 1 fully saturated rings. The summed E-state index contributed by atoms with van der Waals surface area (Å²) in [5.41, 5.74) is 1.79. The van der Waals surface area contributed by atoms with E-state index in [0.29, 0.717) is 12.2 Å². The van der Waals surface area contributed by atoms with Crippen LogP contribution in [0.2, 0.25) is 0 Å². The predicted octanol–water partition coefficient (Wildman–Crippen LogP) is 2.50. The van der Waals surface area contributed by atoms with Crippen LogP contribution < -0.4 is 5.01 Å². The van der Waals surface area contributed by atoms with E-state index < -0.39 is 11.9 Å². The summed E-state index contributed by atoms with van der Waals surface area (Å²) in [6.45, 7) is 0.449. The van der Waals surface area contributed by atoms with Gasteiger partial charge in [-0.15, -0.1) is 0 Å². The van der Waals surface area contributed by atoms with Gasteiger partial charge in [0.15, 0.2) is 0 Å². The van der Waals surface area contributed by atoms with Gasteiger partial charge in [-0.3, -0.25) is 14.4 Å². The summed E-state index contributed by atoms with van der Waals surface area (Å²) < 4.78 is 0. The first-order chi connectivity index (χ1) is 14.0. The Morgan fingerprint density at radius 3 is 2.24 bits per heavy atom. The number of carbonyl (C=O) groups excluding carboxylic acids is 2. The Bertz CT molecular complexity index is 959. The van der Waals surface area contributed by atoms with Crippen LogP contribution in [-0.4, -0.2) is 46.6 Å². The maximum atomic E-state index is 13.1. The average Bonchev–Trinajstić information content (AvgIpc) is 3.21. The second-order valence-corrected chi connectivity index (χ2v) is 7.26. The Labute approximate surface area is 168 Å². The van der Waals surface area contributed by atoms with E-state index in [1.807, 2.05) is 36.4 Å². The first-order valence-corrected chi connectivity index (χ1v) is 9.57. The molecule has 7 nitrogen and oxygen atoms in total. The minimum atomic E-state index is -0.916. The fourth-order valence-corrected chi connectivity index (χ4v) is 3.92. The summed E-state index contributed by atoms with van der Waals surface area (Å²) in [6.07, 6.45) is 0.447. The van der Waals surface area contributed by atoms with E-state index in [1.165, 1.54) is 5.01 Å². The van der Waals surface area contributed by atoms with E-state index in [9.17, 15) is 19.5 Å². The third kappa shape index (κ3) is 3.76. The smallest absolute Gasteiger partial charge is 0.308 e. The highest BCUT2D eigenvalue weighted by atomic mass is 16.4. The summed E-state index contributed by atoms with van der Waals surface area (Å²) >= 11 is 0. The van der Waals surface area contributed by atoms with Gasteiger partial charge in [0.1, 0.15) is 5.71 Å². The highest BCUT2D eigenvalue weighted by Gasteiger charge is 2.42. The van der Waals surface area contributed by atoms with Crippen molar-refractivity contribution in [1.29, 1.82) is 0 Å². The molecule has 0 saturated carbocycles. The van der Waals surface area contributed by atoms with Crippen LogP contribution in [0, 0.1) is 5.92 Å². The maximum Gasteiger partial charge on any atom is 0.308 e. The molecule has 0 bridgehead atoms. The molecule has 2 amide bonds. The van der Waals surface area contributed by atoms with E-state index in [1.54, 1.807) is 29.2 Å². The Morgan fingerprint density at radius 2 is 1.59 bits per heavy atom. The van der Waals surface area contributed by atoms with Gasteiger partial charge in [0, 0.05) is 31.8 Å². The fourth-order valence-electron chi connectivity index (χ4n) is 3.92. The number of para-hydroxylation sites is 1. The summed E-state index contributed by atoms with van der Waals surface area (Å²) in [6, 6.07) is 18.4. The molecule has 4 rings (SSSR count). The number of carboxylic acids is 1. The Balaban J connectivity index is 1.57. The molecule has 0 aliphatic carbocycles. The van der Waals surface area contributed by atoms with Gasteiger partial charge in [0.2, 0.25) is 5.91 Å². The van der Waals surface area contributed by atoms with Crippen molar-refractivity contribution in [2.45, 2.75) is 18.8 Å². The second kappa shape index (κ2) is 7.87. The topological polar surface area (TPSA) is 90.3 Å². The average molecular weight is 391 g/mol. The summed E-state index contributed by atoms with van der Waals surface area (Å²) in [5, 5.41) is 15.2. The van der Waals surface area contributed by atoms with Crippen molar-refractivity contribution in [1.82, 2.24) is 4.90 Å². The van der Waals surface area contributed by atoms with Crippen molar-refractivity contribution in [3.63, 3.8) is 0 Å². The lowest BCUT2D eigenvalue weighted by atomic mass is 9.89. The zero-order valence-electron chi connectivity index (χ0n) is 15.8. The summed E-state index contributed by atoms with van der Waals surface area (Å²) in [5.74, 6) is -2.32. The summed E-state index contributed by atoms with van der Waals surface area (Å²) in [4.78, 5) is 38.7. The molecule has 2 unspecified atom stereocenters. The van der Waals surface area contributed by atoms with E-state index in [4.69, 9.17) is 0 Å². The van der Waals surface area contributed by atoms with E-state index in [0.717, 1.165) is 5.56 Å². The van der Waals surface area contributed by atoms with Crippen molar-refractivity contribution in [2.75, 3.05) is 18.1 Å². The van der Waals surface area contributed by atoms with Gasteiger partial charge in [-0.05, 0) is 17.7 Å². The monoisotopic (exact) mass is 391 g/mol. The SMILES string of the molecule is O=C(O)C1CN(C(=O)C2=NN(c3ccccc3)C(=O)CC2)CC1c1ccccc1. The number of hydrogen-bond donors (Lipinski definition) is 1. The molecule has 7 heteroatoms. The van der Waals surface area contributed by atoms with Crippen molar-refractivity contribution in [2.24, 2.45) is 11.0 Å². The number of aliphatic carboxylic acids is 1. The van der Waals surface area contributed by atoms with Gasteiger partial charge in [-0.1, -0.05) is 48.5 Å². The molecule has 0 spiro atoms. The Morgan fingerprint density at radius 1 is 0.931 bits per heavy atom. The molecule has 2 aromatic rings. The van der Waals surface area contributed by atoms with E-state index in [-0.39, 0.29) is 42.8 Å². The number of rotatable bonds is 4. The zero-order chi connectivity index (χ0) is 20.4. The second-order valence-electron chi connectivity index (χ2n) is 7.26. The largest absolute Gasteiger partial charge is 0.481 e. The fraction of sp³-hybridized carbons (Fsp3) is 0.273. The lowest BCUT2D eigenvalue weighted by Gasteiger charge is -2.25. The lowest BCUT2D eigenvalue weighted by Crippen LogP contribution is -2.41. The molecule has 0 aromatic heterocycles. The molecule has 29 heavy (non-hydrogen) atoms. The normalized spacial score (nSPS) is 21.8. The number of hydrogen-bond acceptors (Lipinski definition) is 4.